The van der Waals surface area contributed by atoms with Crippen LogP contribution < -0.4 is 10.6 Å². The molecule has 0 saturated heterocycles. The average molecular weight is 462 g/mol. The van der Waals surface area contributed by atoms with Crippen molar-refractivity contribution in [1.82, 2.24) is 9.47 Å². The minimum atomic E-state index is -0.285. The van der Waals surface area contributed by atoms with Crippen LogP contribution in [0.5, 0.6) is 0 Å². The van der Waals surface area contributed by atoms with Crippen molar-refractivity contribution < 1.29 is 14.0 Å². The van der Waals surface area contributed by atoms with E-state index < -0.39 is 0 Å². The van der Waals surface area contributed by atoms with Crippen LogP contribution in [0.25, 0.3) is 0 Å². The van der Waals surface area contributed by atoms with E-state index in [-0.39, 0.29) is 24.9 Å². The first kappa shape index (κ1) is 24.8. The lowest BCUT2D eigenvalue weighted by atomic mass is 10.2. The molecule has 0 bridgehead atoms. The molecule has 2 aromatic heterocycles. The summed E-state index contributed by atoms with van der Waals surface area (Å²) in [4.78, 5) is 27.4. The van der Waals surface area contributed by atoms with Crippen molar-refractivity contribution in [3.8, 4) is 6.07 Å². The van der Waals surface area contributed by atoms with Crippen LogP contribution in [0.2, 0.25) is 0 Å². The van der Waals surface area contributed by atoms with E-state index in [1.54, 1.807) is 17.2 Å². The fraction of sp³-hybridized carbons (Fsp3) is 0.346. The summed E-state index contributed by atoms with van der Waals surface area (Å²) in [6.07, 6.45) is 2.39. The Balaban J connectivity index is 1.72. The summed E-state index contributed by atoms with van der Waals surface area (Å²) in [5.41, 5.74) is 3.85. The molecule has 2 amide bonds. The topological polar surface area (TPSA) is 103 Å². The Kier molecular flexibility index (Phi) is 8.28. The number of rotatable bonds is 10. The summed E-state index contributed by atoms with van der Waals surface area (Å²) in [5.74, 6) is 0.700. The van der Waals surface area contributed by atoms with Crippen LogP contribution in [0.15, 0.2) is 47.1 Å². The lowest BCUT2D eigenvalue weighted by Gasteiger charge is -2.21. The van der Waals surface area contributed by atoms with Gasteiger partial charge in [0.2, 0.25) is 11.8 Å². The third-order valence-electron chi connectivity index (χ3n) is 5.79. The van der Waals surface area contributed by atoms with Gasteiger partial charge in [0.1, 0.15) is 17.6 Å². The van der Waals surface area contributed by atoms with Crippen molar-refractivity contribution >= 4 is 23.3 Å². The Morgan fingerprint density at radius 1 is 1.06 bits per heavy atom. The van der Waals surface area contributed by atoms with E-state index in [0.717, 1.165) is 34.7 Å². The number of carbonyl (C=O) groups is 2. The van der Waals surface area contributed by atoms with Crippen LogP contribution in [0.4, 0.5) is 11.5 Å². The summed E-state index contributed by atoms with van der Waals surface area (Å²) >= 11 is 0. The number of hydrogen-bond acceptors (Lipinski definition) is 5. The quantitative estimate of drug-likeness (QED) is 0.471. The van der Waals surface area contributed by atoms with Gasteiger partial charge in [0.15, 0.2) is 0 Å². The van der Waals surface area contributed by atoms with E-state index >= 15 is 0 Å². The van der Waals surface area contributed by atoms with Crippen LogP contribution in [0.1, 0.15) is 41.5 Å². The maximum absolute atomic E-state index is 13.0. The Morgan fingerprint density at radius 3 is 2.38 bits per heavy atom. The Labute approximate surface area is 200 Å². The monoisotopic (exact) mass is 461 g/mol. The highest BCUT2D eigenvalue weighted by atomic mass is 16.3. The summed E-state index contributed by atoms with van der Waals surface area (Å²) in [5, 5.41) is 15.5. The van der Waals surface area contributed by atoms with Gasteiger partial charge in [-0.2, -0.15) is 5.26 Å². The van der Waals surface area contributed by atoms with Crippen LogP contribution in [0, 0.1) is 32.1 Å². The number of carbonyl (C=O) groups excluding carboxylic acids is 2. The number of furan rings is 1. The zero-order valence-corrected chi connectivity index (χ0v) is 20.1. The maximum atomic E-state index is 13.0. The first-order valence-corrected chi connectivity index (χ1v) is 11.3. The minimum absolute atomic E-state index is 0.0317. The largest absolute Gasteiger partial charge is 0.467 e. The van der Waals surface area contributed by atoms with Gasteiger partial charge in [0.05, 0.1) is 31.5 Å². The molecule has 0 aliphatic heterocycles. The van der Waals surface area contributed by atoms with Gasteiger partial charge in [-0.25, -0.2) is 0 Å². The van der Waals surface area contributed by atoms with E-state index in [1.165, 1.54) is 0 Å². The summed E-state index contributed by atoms with van der Waals surface area (Å²) in [7, 11) is 0. The van der Waals surface area contributed by atoms with E-state index in [4.69, 9.17) is 4.42 Å². The summed E-state index contributed by atoms with van der Waals surface area (Å²) in [6.45, 7) is 8.81. The molecule has 1 aromatic carbocycles. The van der Waals surface area contributed by atoms with Crippen LogP contribution in [-0.2, 0) is 16.1 Å². The molecule has 2 heterocycles. The highest BCUT2D eigenvalue weighted by Crippen LogP contribution is 2.27. The third-order valence-corrected chi connectivity index (χ3v) is 5.79. The van der Waals surface area contributed by atoms with Crippen molar-refractivity contribution in [2.45, 2.75) is 40.7 Å². The van der Waals surface area contributed by atoms with Crippen LogP contribution >= 0.6 is 0 Å². The molecule has 0 unspecified atom stereocenters. The Morgan fingerprint density at radius 2 is 1.76 bits per heavy atom. The van der Waals surface area contributed by atoms with Crippen molar-refractivity contribution in [1.29, 1.82) is 5.26 Å². The predicted molar refractivity (Wildman–Crippen MR) is 132 cm³/mol. The zero-order chi connectivity index (χ0) is 24.7. The molecule has 2 N–H and O–H groups in total. The number of hydrogen-bond donors (Lipinski definition) is 2. The number of nitrogens with one attached hydrogen (secondary N) is 2. The standard InChI is InChI=1S/C26H31N5O3/c1-5-12-30(16-24(32)28-23-11-7-6-9-18(23)2)17-25(33)29-26-22(14-27)19(3)20(4)31(26)15-21-10-8-13-34-21/h6-11,13H,5,12,15-17H2,1-4H3,(H,28,32)(H,29,33). The lowest BCUT2D eigenvalue weighted by Crippen LogP contribution is -2.39. The first-order chi connectivity index (χ1) is 16.3. The van der Waals surface area contributed by atoms with Crippen LogP contribution in [-0.4, -0.2) is 40.9 Å². The van der Waals surface area contributed by atoms with Gasteiger partial charge in [-0.05, 0) is 63.1 Å². The molecule has 178 valence electrons. The van der Waals surface area contributed by atoms with Gasteiger partial charge in [-0.1, -0.05) is 25.1 Å². The van der Waals surface area contributed by atoms with Crippen molar-refractivity contribution in [2.24, 2.45) is 0 Å². The fourth-order valence-corrected chi connectivity index (χ4v) is 3.90. The molecule has 34 heavy (non-hydrogen) atoms. The molecule has 0 aliphatic carbocycles. The SMILES string of the molecule is CCCN(CC(=O)Nc1ccccc1C)CC(=O)Nc1c(C#N)c(C)c(C)n1Cc1ccco1. The molecule has 0 saturated carbocycles. The van der Waals surface area contributed by atoms with Gasteiger partial charge in [0, 0.05) is 11.4 Å². The summed E-state index contributed by atoms with van der Waals surface area (Å²) in [6, 6.07) is 13.4. The number of para-hydroxylation sites is 1. The molecular weight excluding hydrogens is 430 g/mol. The summed E-state index contributed by atoms with van der Waals surface area (Å²) < 4.78 is 7.34. The molecule has 0 aliphatic rings. The molecule has 0 radical (unpaired) electrons. The number of amides is 2. The Hall–Kier alpha value is -3.83. The second kappa shape index (κ2) is 11.3. The highest BCUT2D eigenvalue weighted by Gasteiger charge is 2.22. The molecule has 0 atom stereocenters. The molecule has 0 spiro atoms. The van der Waals surface area contributed by atoms with E-state index in [2.05, 4.69) is 16.7 Å². The molecule has 3 aromatic rings. The molecule has 3 rings (SSSR count). The van der Waals surface area contributed by atoms with E-state index in [0.29, 0.717) is 24.5 Å². The number of benzene rings is 1. The zero-order valence-electron chi connectivity index (χ0n) is 20.1. The van der Waals surface area contributed by atoms with Gasteiger partial charge in [0.25, 0.3) is 0 Å². The normalized spacial score (nSPS) is 10.8. The van der Waals surface area contributed by atoms with Gasteiger partial charge in [-0.15, -0.1) is 0 Å². The third kappa shape index (κ3) is 5.94. The number of aromatic nitrogens is 1. The number of nitriles is 1. The molecule has 0 fully saturated rings. The second-order valence-corrected chi connectivity index (χ2v) is 8.33. The minimum Gasteiger partial charge on any atom is -0.467 e. The lowest BCUT2D eigenvalue weighted by molar-refractivity contribution is -0.120. The van der Waals surface area contributed by atoms with Crippen molar-refractivity contribution in [2.75, 3.05) is 30.3 Å². The van der Waals surface area contributed by atoms with Crippen molar-refractivity contribution in [3.63, 3.8) is 0 Å². The number of nitrogens with zero attached hydrogens (tertiary/aromatic N) is 3. The van der Waals surface area contributed by atoms with Gasteiger partial charge < -0.3 is 19.6 Å². The number of aryl methyl sites for hydroxylation is 1. The van der Waals surface area contributed by atoms with Crippen LogP contribution in [0.3, 0.4) is 0 Å². The fourth-order valence-electron chi connectivity index (χ4n) is 3.90. The molecular formula is C26H31N5O3. The Bertz CT molecular complexity index is 1190. The van der Waals surface area contributed by atoms with E-state index in [9.17, 15) is 14.9 Å². The van der Waals surface area contributed by atoms with Crippen molar-refractivity contribution in [3.05, 3.63) is 70.8 Å². The highest BCUT2D eigenvalue weighted by molar-refractivity contribution is 5.95. The van der Waals surface area contributed by atoms with E-state index in [1.807, 2.05) is 62.6 Å². The second-order valence-electron chi connectivity index (χ2n) is 8.33. The number of anilines is 2. The van der Waals surface area contributed by atoms with Gasteiger partial charge in [-0.3, -0.25) is 14.5 Å². The molecule has 8 heteroatoms. The smallest absolute Gasteiger partial charge is 0.239 e. The van der Waals surface area contributed by atoms with Gasteiger partial charge >= 0.3 is 0 Å². The molecule has 8 nitrogen and oxygen atoms in total. The predicted octanol–water partition coefficient (Wildman–Crippen LogP) is 4.22. The first-order valence-electron chi connectivity index (χ1n) is 11.3. The maximum Gasteiger partial charge on any atom is 0.239 e. The average Bonchev–Trinajstić information content (AvgIpc) is 3.38.